The van der Waals surface area contributed by atoms with Crippen LogP contribution in [0.3, 0.4) is 0 Å². The smallest absolute Gasteiger partial charge is 0.248 e. The number of hydrogen-bond donors (Lipinski definition) is 0. The van der Waals surface area contributed by atoms with Crippen LogP contribution in [0.5, 0.6) is 0 Å². The van der Waals surface area contributed by atoms with E-state index < -0.39 is 10.0 Å². The summed E-state index contributed by atoms with van der Waals surface area (Å²) in [7, 11) is 1.33. The van der Waals surface area contributed by atoms with Gasteiger partial charge < -0.3 is 14.3 Å². The fourth-order valence-corrected chi connectivity index (χ4v) is 4.62. The number of nitrogens with zero attached hydrogens (tertiary/aromatic N) is 5. The predicted molar refractivity (Wildman–Crippen MR) is 97.5 cm³/mol. The average molecular weight is 401 g/mol. The predicted octanol–water partition coefficient (Wildman–Crippen LogP) is -0.856. The molecule has 0 atom stereocenters. The van der Waals surface area contributed by atoms with Crippen LogP contribution < -0.4 is 0 Å². The molecule has 0 radical (unpaired) electrons. The normalized spacial score (nSPS) is 16.0. The van der Waals surface area contributed by atoms with Gasteiger partial charge in [-0.1, -0.05) is 5.16 Å². The summed E-state index contributed by atoms with van der Waals surface area (Å²) in [5.41, 5.74) is 0.332. The number of carbonyl (C=O) groups is 2. The number of piperazine rings is 1. The highest BCUT2D eigenvalue weighted by Crippen LogP contribution is 2.24. The maximum absolute atomic E-state index is 12.8. The lowest BCUT2D eigenvalue weighted by Gasteiger charge is -2.34. The summed E-state index contributed by atoms with van der Waals surface area (Å²) in [6.07, 6.45) is 0. The zero-order valence-electron chi connectivity index (χ0n) is 16.4. The van der Waals surface area contributed by atoms with E-state index in [9.17, 15) is 18.0 Å². The second-order valence-electron chi connectivity index (χ2n) is 6.90. The van der Waals surface area contributed by atoms with E-state index in [0.29, 0.717) is 18.8 Å². The highest BCUT2D eigenvalue weighted by molar-refractivity contribution is 7.89. The van der Waals surface area contributed by atoms with Crippen molar-refractivity contribution < 1.29 is 22.5 Å². The molecule has 0 aliphatic carbocycles. The highest BCUT2D eigenvalue weighted by atomic mass is 32.2. The molecular weight excluding hydrogens is 374 g/mol. The van der Waals surface area contributed by atoms with Crippen LogP contribution >= 0.6 is 0 Å². The molecule has 1 aliphatic rings. The Bertz CT molecular complexity index is 777. The van der Waals surface area contributed by atoms with Crippen molar-refractivity contribution in [2.75, 3.05) is 60.4 Å². The lowest BCUT2D eigenvalue weighted by molar-refractivity contribution is -0.135. The molecule has 2 heterocycles. The first-order valence-electron chi connectivity index (χ1n) is 8.63. The Morgan fingerprint density at radius 1 is 1.07 bits per heavy atom. The van der Waals surface area contributed by atoms with E-state index in [-0.39, 0.29) is 48.6 Å². The van der Waals surface area contributed by atoms with Crippen molar-refractivity contribution in [3.05, 3.63) is 11.5 Å². The number of carbonyl (C=O) groups excluding carboxylic acids is 2. The zero-order chi connectivity index (χ0) is 20.4. The summed E-state index contributed by atoms with van der Waals surface area (Å²) >= 11 is 0. The van der Waals surface area contributed by atoms with Crippen molar-refractivity contribution in [3.63, 3.8) is 0 Å². The first-order chi connectivity index (χ1) is 12.5. The van der Waals surface area contributed by atoms with Gasteiger partial charge in [0.15, 0.2) is 5.76 Å². The Labute approximate surface area is 159 Å². The molecule has 27 heavy (non-hydrogen) atoms. The van der Waals surface area contributed by atoms with Crippen molar-refractivity contribution in [3.8, 4) is 0 Å². The third kappa shape index (κ3) is 4.85. The fraction of sp³-hybridized carbons (Fsp3) is 0.688. The molecule has 2 amide bonds. The summed E-state index contributed by atoms with van der Waals surface area (Å²) in [5.74, 6) is 0.0531. The van der Waals surface area contributed by atoms with Gasteiger partial charge in [-0.25, -0.2) is 8.42 Å². The maximum Gasteiger partial charge on any atom is 0.248 e. The van der Waals surface area contributed by atoms with Gasteiger partial charge in [-0.3, -0.25) is 14.5 Å². The second kappa shape index (κ2) is 8.36. The maximum atomic E-state index is 12.8. The third-order valence-electron chi connectivity index (χ3n) is 4.47. The van der Waals surface area contributed by atoms with Crippen LogP contribution in [-0.2, 0) is 19.6 Å². The van der Waals surface area contributed by atoms with Gasteiger partial charge >= 0.3 is 0 Å². The molecule has 2 rings (SSSR count). The fourth-order valence-electron chi connectivity index (χ4n) is 2.91. The summed E-state index contributed by atoms with van der Waals surface area (Å²) < 4.78 is 31.9. The molecule has 0 aromatic carbocycles. The molecule has 1 aromatic rings. The van der Waals surface area contributed by atoms with Gasteiger partial charge in [0.05, 0.1) is 13.1 Å². The van der Waals surface area contributed by atoms with Crippen LogP contribution in [0.15, 0.2) is 9.42 Å². The lowest BCUT2D eigenvalue weighted by atomic mass is 10.3. The second-order valence-corrected chi connectivity index (χ2v) is 8.77. The molecule has 0 saturated carbocycles. The summed E-state index contributed by atoms with van der Waals surface area (Å²) in [6, 6.07) is 0. The van der Waals surface area contributed by atoms with Crippen molar-refractivity contribution in [2.24, 2.45) is 0 Å². The Balaban J connectivity index is 1.93. The highest BCUT2D eigenvalue weighted by Gasteiger charge is 2.34. The Hall–Kier alpha value is -1.98. The average Bonchev–Trinajstić information content (AvgIpc) is 2.93. The number of amides is 2. The molecule has 0 bridgehead atoms. The molecule has 152 valence electrons. The first-order valence-corrected chi connectivity index (χ1v) is 10.1. The van der Waals surface area contributed by atoms with Crippen molar-refractivity contribution in [2.45, 2.75) is 18.7 Å². The first kappa shape index (κ1) is 21.3. The molecule has 1 aliphatic heterocycles. The molecule has 1 saturated heterocycles. The molecule has 0 N–H and O–H groups in total. The van der Waals surface area contributed by atoms with Crippen LogP contribution in [0.4, 0.5) is 0 Å². The SMILES string of the molecule is Cc1noc(C)c1S(=O)(=O)N1CCN(C(=O)CN(C)CC(=O)N(C)C)CC1. The van der Waals surface area contributed by atoms with Crippen LogP contribution in [0.25, 0.3) is 0 Å². The van der Waals surface area contributed by atoms with E-state index in [0.717, 1.165) is 0 Å². The van der Waals surface area contributed by atoms with Gasteiger partial charge in [0, 0.05) is 40.3 Å². The van der Waals surface area contributed by atoms with Gasteiger partial charge in [0.1, 0.15) is 10.6 Å². The van der Waals surface area contributed by atoms with Crippen molar-refractivity contribution in [1.82, 2.24) is 24.2 Å². The van der Waals surface area contributed by atoms with Crippen LogP contribution in [0, 0.1) is 13.8 Å². The van der Waals surface area contributed by atoms with Gasteiger partial charge in [-0.15, -0.1) is 0 Å². The summed E-state index contributed by atoms with van der Waals surface area (Å²) in [5, 5.41) is 3.71. The van der Waals surface area contributed by atoms with E-state index in [1.807, 2.05) is 0 Å². The number of aromatic nitrogens is 1. The summed E-state index contributed by atoms with van der Waals surface area (Å²) in [4.78, 5) is 29.0. The quantitative estimate of drug-likeness (QED) is 0.611. The molecule has 11 heteroatoms. The molecular formula is C16H27N5O5S. The number of aryl methyl sites for hydroxylation is 2. The van der Waals surface area contributed by atoms with Gasteiger partial charge in [0.25, 0.3) is 0 Å². The monoisotopic (exact) mass is 401 g/mol. The zero-order valence-corrected chi connectivity index (χ0v) is 17.2. The molecule has 1 aromatic heterocycles. The Morgan fingerprint density at radius 3 is 2.15 bits per heavy atom. The van der Waals surface area contributed by atoms with E-state index >= 15 is 0 Å². The van der Waals surface area contributed by atoms with Crippen molar-refractivity contribution in [1.29, 1.82) is 0 Å². The minimum absolute atomic E-state index is 0.0827. The standard InChI is InChI=1S/C16H27N5O5S/c1-12-16(13(2)26-17-12)27(24,25)21-8-6-20(7-9-21)15(23)11-19(5)10-14(22)18(3)4/h6-11H2,1-5H3. The van der Waals surface area contributed by atoms with E-state index in [4.69, 9.17) is 4.52 Å². The van der Waals surface area contributed by atoms with E-state index in [2.05, 4.69) is 5.16 Å². The third-order valence-corrected chi connectivity index (χ3v) is 6.61. The molecule has 10 nitrogen and oxygen atoms in total. The Morgan fingerprint density at radius 2 is 1.67 bits per heavy atom. The Kier molecular flexibility index (Phi) is 6.60. The lowest BCUT2D eigenvalue weighted by Crippen LogP contribution is -2.52. The molecule has 1 fully saturated rings. The topological polar surface area (TPSA) is 107 Å². The van der Waals surface area contributed by atoms with Gasteiger partial charge in [0.2, 0.25) is 21.8 Å². The van der Waals surface area contributed by atoms with Crippen LogP contribution in [0.2, 0.25) is 0 Å². The number of hydrogen-bond acceptors (Lipinski definition) is 7. The largest absolute Gasteiger partial charge is 0.360 e. The number of sulfonamides is 1. The molecule has 0 spiro atoms. The van der Waals surface area contributed by atoms with E-state index in [1.165, 1.54) is 9.21 Å². The van der Waals surface area contributed by atoms with Crippen LogP contribution in [0.1, 0.15) is 11.5 Å². The van der Waals surface area contributed by atoms with Crippen LogP contribution in [-0.4, -0.2) is 105 Å². The molecule has 0 unspecified atom stereocenters. The minimum Gasteiger partial charge on any atom is -0.360 e. The minimum atomic E-state index is -3.70. The number of rotatable bonds is 6. The van der Waals surface area contributed by atoms with Crippen molar-refractivity contribution >= 4 is 21.8 Å². The number of likely N-dealkylation sites (N-methyl/N-ethyl adjacent to an activating group) is 2. The van der Waals surface area contributed by atoms with Gasteiger partial charge in [-0.2, -0.15) is 4.31 Å². The van der Waals surface area contributed by atoms with Gasteiger partial charge in [-0.05, 0) is 20.9 Å². The summed E-state index contributed by atoms with van der Waals surface area (Å²) in [6.45, 7) is 4.44. The van der Waals surface area contributed by atoms with E-state index in [1.54, 1.807) is 44.8 Å².